The summed E-state index contributed by atoms with van der Waals surface area (Å²) < 4.78 is 21.6. The van der Waals surface area contributed by atoms with E-state index in [0.29, 0.717) is 35.0 Å². The molecular weight excluding hydrogens is 436 g/mol. The number of nitrogens with zero attached hydrogens (tertiary/aromatic N) is 1. The fraction of sp³-hybridized carbons (Fsp3) is 0.192. The molecule has 0 heterocycles. The Morgan fingerprint density at radius 3 is 2.32 bits per heavy atom. The molecule has 0 saturated carbocycles. The van der Waals surface area contributed by atoms with E-state index in [-0.39, 0.29) is 18.1 Å². The number of rotatable bonds is 10. The molecule has 176 valence electrons. The third kappa shape index (κ3) is 6.59. The molecule has 8 nitrogen and oxygen atoms in total. The predicted octanol–water partition coefficient (Wildman–Crippen LogP) is 4.01. The molecule has 3 aromatic carbocycles. The minimum atomic E-state index is -0.573. The second-order valence-corrected chi connectivity index (χ2v) is 7.05. The van der Waals surface area contributed by atoms with Crippen molar-refractivity contribution in [1.82, 2.24) is 5.43 Å². The van der Waals surface area contributed by atoms with E-state index in [1.54, 1.807) is 36.4 Å². The van der Waals surface area contributed by atoms with Gasteiger partial charge in [-0.1, -0.05) is 30.3 Å². The summed E-state index contributed by atoms with van der Waals surface area (Å²) in [5, 5.41) is 4.00. The van der Waals surface area contributed by atoms with E-state index in [1.807, 2.05) is 37.3 Å². The molecule has 34 heavy (non-hydrogen) atoms. The topological polar surface area (TPSA) is 95.5 Å². The molecule has 8 heteroatoms. The van der Waals surface area contributed by atoms with Crippen LogP contribution in [0.4, 0.5) is 0 Å². The highest BCUT2D eigenvalue weighted by molar-refractivity contribution is 5.92. The van der Waals surface area contributed by atoms with Gasteiger partial charge in [-0.3, -0.25) is 4.79 Å². The monoisotopic (exact) mass is 462 g/mol. The Morgan fingerprint density at radius 1 is 0.882 bits per heavy atom. The van der Waals surface area contributed by atoms with Crippen molar-refractivity contribution in [1.29, 1.82) is 0 Å². The van der Waals surface area contributed by atoms with Crippen LogP contribution in [0.15, 0.2) is 71.8 Å². The van der Waals surface area contributed by atoms with Crippen LogP contribution in [0.3, 0.4) is 0 Å². The maximum Gasteiger partial charge on any atom is 0.343 e. The van der Waals surface area contributed by atoms with Crippen LogP contribution in [0.1, 0.15) is 28.4 Å². The van der Waals surface area contributed by atoms with Crippen LogP contribution in [0.2, 0.25) is 0 Å². The molecule has 0 aliphatic carbocycles. The van der Waals surface area contributed by atoms with Gasteiger partial charge in [0.15, 0.2) is 23.0 Å². The fourth-order valence-corrected chi connectivity index (χ4v) is 3.08. The van der Waals surface area contributed by atoms with Gasteiger partial charge in [0, 0.05) is 0 Å². The summed E-state index contributed by atoms with van der Waals surface area (Å²) in [7, 11) is 3.01. The first-order valence-electron chi connectivity index (χ1n) is 10.6. The van der Waals surface area contributed by atoms with E-state index in [1.165, 1.54) is 20.4 Å². The third-order valence-electron chi connectivity index (χ3n) is 4.70. The molecule has 1 N–H and O–H groups in total. The molecular formula is C26H26N2O6. The minimum Gasteiger partial charge on any atom is -0.493 e. The fourth-order valence-electron chi connectivity index (χ4n) is 3.08. The van der Waals surface area contributed by atoms with Crippen molar-refractivity contribution < 1.29 is 28.5 Å². The molecule has 3 aromatic rings. The molecule has 1 amide bonds. The Bertz CT molecular complexity index is 1160. The van der Waals surface area contributed by atoms with Crippen molar-refractivity contribution in [3.05, 3.63) is 83.4 Å². The lowest BCUT2D eigenvalue weighted by molar-refractivity contribution is -0.120. The summed E-state index contributed by atoms with van der Waals surface area (Å²) >= 11 is 0. The highest BCUT2D eigenvalue weighted by atomic mass is 16.6. The molecule has 3 rings (SSSR count). The van der Waals surface area contributed by atoms with Gasteiger partial charge >= 0.3 is 5.97 Å². The number of nitrogens with one attached hydrogen (secondary N) is 1. The highest BCUT2D eigenvalue weighted by Crippen LogP contribution is 2.31. The first kappa shape index (κ1) is 24.3. The van der Waals surface area contributed by atoms with Crippen molar-refractivity contribution in [3.63, 3.8) is 0 Å². The normalized spacial score (nSPS) is 10.6. The number of carbonyl (C=O) groups excluding carboxylic acids is 2. The van der Waals surface area contributed by atoms with Gasteiger partial charge in [0.25, 0.3) is 0 Å². The van der Waals surface area contributed by atoms with Crippen molar-refractivity contribution in [2.24, 2.45) is 5.10 Å². The van der Waals surface area contributed by atoms with Gasteiger partial charge in [0.1, 0.15) is 0 Å². The Kier molecular flexibility index (Phi) is 8.62. The molecule has 0 aromatic heterocycles. The van der Waals surface area contributed by atoms with Crippen LogP contribution >= 0.6 is 0 Å². The summed E-state index contributed by atoms with van der Waals surface area (Å²) in [5.74, 6) is 0.753. The van der Waals surface area contributed by atoms with Gasteiger partial charge in [-0.15, -0.1) is 0 Å². The number of benzene rings is 3. The van der Waals surface area contributed by atoms with Gasteiger partial charge in [0.2, 0.25) is 5.91 Å². The van der Waals surface area contributed by atoms with Crippen molar-refractivity contribution in [2.75, 3.05) is 20.8 Å². The number of esters is 1. The average molecular weight is 463 g/mol. The summed E-state index contributed by atoms with van der Waals surface area (Å²) in [4.78, 5) is 24.7. The zero-order chi connectivity index (χ0) is 24.3. The maximum absolute atomic E-state index is 12.7. The Hall–Kier alpha value is -4.33. The predicted molar refractivity (Wildman–Crippen MR) is 128 cm³/mol. The summed E-state index contributed by atoms with van der Waals surface area (Å²) in [6, 6.07) is 19.1. The molecule has 0 bridgehead atoms. The summed E-state index contributed by atoms with van der Waals surface area (Å²) in [6.07, 6.45) is 1.72. The molecule has 0 fully saturated rings. The first-order chi connectivity index (χ1) is 16.5. The number of hydrogen-bond acceptors (Lipinski definition) is 7. The second-order valence-electron chi connectivity index (χ2n) is 7.05. The van der Waals surface area contributed by atoms with Gasteiger partial charge in [-0.2, -0.15) is 5.10 Å². The Morgan fingerprint density at radius 2 is 1.62 bits per heavy atom. The molecule has 0 aliphatic rings. The number of amides is 1. The van der Waals surface area contributed by atoms with E-state index < -0.39 is 5.97 Å². The van der Waals surface area contributed by atoms with Crippen LogP contribution in [-0.4, -0.2) is 38.9 Å². The number of hydrazone groups is 1. The average Bonchev–Trinajstić information content (AvgIpc) is 2.85. The Labute approximate surface area is 198 Å². The quantitative estimate of drug-likeness (QED) is 0.212. The van der Waals surface area contributed by atoms with Crippen molar-refractivity contribution in [2.45, 2.75) is 13.3 Å². The molecule has 0 spiro atoms. The minimum absolute atomic E-state index is 0.229. The van der Waals surface area contributed by atoms with Crippen LogP contribution in [0.25, 0.3) is 0 Å². The van der Waals surface area contributed by atoms with Gasteiger partial charge < -0.3 is 18.9 Å². The molecule has 0 unspecified atom stereocenters. The van der Waals surface area contributed by atoms with E-state index in [0.717, 1.165) is 5.56 Å². The number of methoxy groups -OCH3 is 2. The highest BCUT2D eigenvalue weighted by Gasteiger charge is 2.16. The van der Waals surface area contributed by atoms with E-state index in [4.69, 9.17) is 18.9 Å². The molecule has 0 saturated heterocycles. The second kappa shape index (κ2) is 12.1. The first-order valence-corrected chi connectivity index (χ1v) is 10.6. The van der Waals surface area contributed by atoms with Crippen LogP contribution in [0, 0.1) is 0 Å². The smallest absolute Gasteiger partial charge is 0.343 e. The number of hydrogen-bond donors (Lipinski definition) is 1. The molecule has 0 radical (unpaired) electrons. The van der Waals surface area contributed by atoms with E-state index in [2.05, 4.69) is 10.5 Å². The zero-order valence-corrected chi connectivity index (χ0v) is 19.2. The van der Waals surface area contributed by atoms with Crippen molar-refractivity contribution >= 4 is 18.1 Å². The number of carbonyl (C=O) groups is 2. The van der Waals surface area contributed by atoms with Gasteiger partial charge in [-0.05, 0) is 54.4 Å². The Balaban J connectivity index is 1.68. The van der Waals surface area contributed by atoms with Gasteiger partial charge in [0.05, 0.1) is 39.0 Å². The third-order valence-corrected chi connectivity index (χ3v) is 4.70. The van der Waals surface area contributed by atoms with Crippen LogP contribution in [0.5, 0.6) is 23.0 Å². The molecule has 0 atom stereocenters. The summed E-state index contributed by atoms with van der Waals surface area (Å²) in [5.41, 5.74) is 4.36. The number of ether oxygens (including phenoxy) is 4. The van der Waals surface area contributed by atoms with Crippen LogP contribution < -0.4 is 24.4 Å². The lowest BCUT2D eigenvalue weighted by Crippen LogP contribution is -2.19. The SMILES string of the molecule is CCOc1cc(/C=N/NC(=O)Cc2ccccc2)ccc1OC(=O)c1ccc(OC)c(OC)c1. The van der Waals surface area contributed by atoms with E-state index >= 15 is 0 Å². The van der Waals surface area contributed by atoms with Crippen LogP contribution in [-0.2, 0) is 11.2 Å². The van der Waals surface area contributed by atoms with E-state index in [9.17, 15) is 9.59 Å². The maximum atomic E-state index is 12.7. The standard InChI is InChI=1S/C26H26N2O6/c1-4-33-24-14-19(17-27-28-25(29)15-18-8-6-5-7-9-18)10-12-22(24)34-26(30)20-11-13-21(31-2)23(16-20)32-3/h5-14,16-17H,4,15H2,1-3H3,(H,28,29)/b27-17+. The molecule has 0 aliphatic heterocycles. The zero-order valence-electron chi connectivity index (χ0n) is 19.2. The lowest BCUT2D eigenvalue weighted by Gasteiger charge is -2.12. The lowest BCUT2D eigenvalue weighted by atomic mass is 10.1. The van der Waals surface area contributed by atoms with Gasteiger partial charge in [-0.25, -0.2) is 10.2 Å². The van der Waals surface area contributed by atoms with Crippen molar-refractivity contribution in [3.8, 4) is 23.0 Å². The largest absolute Gasteiger partial charge is 0.493 e. The summed E-state index contributed by atoms with van der Waals surface area (Å²) in [6.45, 7) is 2.19.